The Morgan fingerprint density at radius 2 is 0.591 bits per heavy atom. The summed E-state index contributed by atoms with van der Waals surface area (Å²) in [5.41, 5.74) is 33.2. The van der Waals surface area contributed by atoms with Gasteiger partial charge in [-0.05, 0) is 77.2 Å². The Kier molecular flexibility index (Phi) is 10.8. The van der Waals surface area contributed by atoms with Gasteiger partial charge in [-0.1, -0.05) is 207 Å². The van der Waals surface area contributed by atoms with Crippen LogP contribution >= 0.6 is 0 Å². The standard InChI is InChI=1S/C53H51B12N/c1-53(2)32-22-8-7-18-30(32)34-31(21-11-23-33(34)53)37-42(58)48(64)52(49(65)43(37)59)66(50-44(60)38(54)35(39(55)45(50)61)28-19-9-14-24-12-3-5-16-26(24)28)51-46(62)40(56)36(41(57)47(51)63)29-20-10-15-25-13-4-6-17-27(25)29/h3-23H,54-65H2,1-2H3. The van der Waals surface area contributed by atoms with Gasteiger partial charge < -0.3 is 4.90 Å². The molecule has 0 atom stereocenters. The maximum absolute atomic E-state index is 2.72. The van der Waals surface area contributed by atoms with Crippen molar-refractivity contribution in [3.8, 4) is 44.5 Å². The van der Waals surface area contributed by atoms with Crippen molar-refractivity contribution in [3.63, 3.8) is 0 Å². The van der Waals surface area contributed by atoms with Crippen molar-refractivity contribution in [1.82, 2.24) is 0 Å². The van der Waals surface area contributed by atoms with Crippen LogP contribution in [-0.2, 0) is 5.41 Å². The van der Waals surface area contributed by atoms with Gasteiger partial charge in [0.1, 0.15) is 94.2 Å². The first kappa shape index (κ1) is 43.9. The Balaban J connectivity index is 1.29. The van der Waals surface area contributed by atoms with E-state index in [0.29, 0.717) is 0 Å². The molecule has 304 valence electrons. The Bertz CT molecular complexity index is 3320. The molecule has 0 aliphatic heterocycles. The molecule has 0 unspecified atom stereocenters. The third-order valence-electron chi connectivity index (χ3n) is 16.4. The van der Waals surface area contributed by atoms with Crippen molar-refractivity contribution in [1.29, 1.82) is 0 Å². The summed E-state index contributed by atoms with van der Waals surface area (Å²) in [4.78, 5) is 2.72. The molecule has 1 aliphatic rings. The zero-order chi connectivity index (χ0) is 46.7. The van der Waals surface area contributed by atoms with E-state index in [1.54, 1.807) is 0 Å². The topological polar surface area (TPSA) is 3.24 Å². The van der Waals surface area contributed by atoms with Gasteiger partial charge in [0.05, 0.1) is 0 Å². The van der Waals surface area contributed by atoms with Crippen molar-refractivity contribution >= 4 is 198 Å². The maximum Gasteiger partial charge on any atom is 0.141 e. The lowest BCUT2D eigenvalue weighted by Gasteiger charge is -2.39. The van der Waals surface area contributed by atoms with Gasteiger partial charge in [0, 0.05) is 22.5 Å². The monoisotopic (exact) mass is 834 g/mol. The van der Waals surface area contributed by atoms with Gasteiger partial charge in [-0.3, -0.25) is 0 Å². The van der Waals surface area contributed by atoms with E-state index in [-0.39, 0.29) is 5.41 Å². The van der Waals surface area contributed by atoms with Crippen LogP contribution in [0, 0.1) is 0 Å². The van der Waals surface area contributed by atoms with Crippen LogP contribution in [0.15, 0.2) is 127 Å². The SMILES string of the molecule is Bc1c(B)c(N(c2c(B)c(B)c(-c3cccc4ccccc34)c(B)c2B)c2c(B)c(B)c(-c3cccc4ccccc34)c(B)c2B)c(B)c(B)c1-c1cccc2c1-c1ccccc1C2(C)C. The van der Waals surface area contributed by atoms with Gasteiger partial charge in [-0.2, -0.15) is 0 Å². The number of anilines is 3. The maximum atomic E-state index is 2.72. The summed E-state index contributed by atoms with van der Waals surface area (Å²) < 4.78 is 0. The summed E-state index contributed by atoms with van der Waals surface area (Å²) >= 11 is 0. The lowest BCUT2D eigenvalue weighted by molar-refractivity contribution is 0.660. The number of hydrogen-bond donors (Lipinski definition) is 0. The molecular formula is C53H51B12N. The average molecular weight is 832 g/mol. The quantitative estimate of drug-likeness (QED) is 0.151. The van der Waals surface area contributed by atoms with Gasteiger partial charge in [-0.15, -0.1) is 0 Å². The van der Waals surface area contributed by atoms with Crippen LogP contribution in [0.3, 0.4) is 0 Å². The molecule has 10 rings (SSSR count). The molecule has 0 N–H and O–H groups in total. The van der Waals surface area contributed by atoms with Crippen LogP contribution in [0.5, 0.6) is 0 Å². The van der Waals surface area contributed by atoms with Crippen LogP contribution in [-0.4, -0.2) is 94.2 Å². The minimum Gasteiger partial charge on any atom is -0.314 e. The van der Waals surface area contributed by atoms with E-state index in [1.165, 1.54) is 160 Å². The predicted molar refractivity (Wildman–Crippen MR) is 328 cm³/mol. The highest BCUT2D eigenvalue weighted by Crippen LogP contribution is 2.51. The number of hydrogen-bond acceptors (Lipinski definition) is 1. The van der Waals surface area contributed by atoms with Gasteiger partial charge >= 0.3 is 0 Å². The molecular weight excluding hydrogens is 780 g/mol. The minimum atomic E-state index is -0.0729. The van der Waals surface area contributed by atoms with Crippen molar-refractivity contribution < 1.29 is 0 Å². The van der Waals surface area contributed by atoms with Crippen LogP contribution in [0.25, 0.3) is 66.1 Å². The van der Waals surface area contributed by atoms with Gasteiger partial charge in [0.2, 0.25) is 0 Å². The first-order chi connectivity index (χ1) is 31.6. The van der Waals surface area contributed by atoms with Crippen molar-refractivity contribution in [2.45, 2.75) is 19.3 Å². The summed E-state index contributed by atoms with van der Waals surface area (Å²) in [7, 11) is 28.5. The second kappa shape index (κ2) is 16.2. The van der Waals surface area contributed by atoms with E-state index in [2.05, 4.69) is 240 Å². The molecule has 0 heterocycles. The fraction of sp³-hybridized carbons (Fsp3) is 0.0566. The van der Waals surface area contributed by atoms with E-state index in [9.17, 15) is 0 Å². The van der Waals surface area contributed by atoms with E-state index in [4.69, 9.17) is 0 Å². The lowest BCUT2D eigenvalue weighted by atomic mass is 9.61. The molecule has 1 nitrogen and oxygen atoms in total. The lowest BCUT2D eigenvalue weighted by Crippen LogP contribution is -2.54. The molecule has 0 aromatic heterocycles. The van der Waals surface area contributed by atoms with Gasteiger partial charge in [0.25, 0.3) is 0 Å². The van der Waals surface area contributed by atoms with Crippen LogP contribution in [0.2, 0.25) is 0 Å². The second-order valence-corrected chi connectivity index (χ2v) is 20.0. The number of benzene rings is 9. The molecule has 9 aromatic carbocycles. The van der Waals surface area contributed by atoms with E-state index in [0.717, 1.165) is 0 Å². The average Bonchev–Trinajstić information content (AvgIpc) is 3.56. The molecule has 0 spiro atoms. The Morgan fingerprint density at radius 1 is 0.288 bits per heavy atom. The number of fused-ring (bicyclic) bond motifs is 5. The molecule has 0 amide bonds. The highest BCUT2D eigenvalue weighted by atomic mass is 15.2. The summed E-state index contributed by atoms with van der Waals surface area (Å²) in [5, 5.41) is 5.13. The first-order valence-electron chi connectivity index (χ1n) is 23.9. The van der Waals surface area contributed by atoms with E-state index < -0.39 is 0 Å². The van der Waals surface area contributed by atoms with Crippen LogP contribution in [0.4, 0.5) is 17.1 Å². The highest BCUT2D eigenvalue weighted by molar-refractivity contribution is 6.68. The second-order valence-electron chi connectivity index (χ2n) is 20.0. The third-order valence-corrected chi connectivity index (χ3v) is 16.4. The van der Waals surface area contributed by atoms with Crippen LogP contribution in [0.1, 0.15) is 25.0 Å². The zero-order valence-electron chi connectivity index (χ0n) is 41.6. The Hall–Kier alpha value is -5.92. The van der Waals surface area contributed by atoms with Crippen molar-refractivity contribution in [2.24, 2.45) is 0 Å². The van der Waals surface area contributed by atoms with E-state index >= 15 is 0 Å². The first-order valence-corrected chi connectivity index (χ1v) is 23.9. The number of rotatable bonds is 6. The molecule has 0 fully saturated rings. The van der Waals surface area contributed by atoms with Crippen molar-refractivity contribution in [3.05, 3.63) is 139 Å². The largest absolute Gasteiger partial charge is 0.314 e. The minimum absolute atomic E-state index is 0.0729. The normalized spacial score (nSPS) is 12.6. The number of nitrogens with zero attached hydrogens (tertiary/aromatic N) is 1. The predicted octanol–water partition coefficient (Wildman–Crippen LogP) is -6.13. The molecule has 0 saturated heterocycles. The van der Waals surface area contributed by atoms with Crippen molar-refractivity contribution in [2.75, 3.05) is 4.90 Å². The highest BCUT2D eigenvalue weighted by Gasteiger charge is 2.38. The van der Waals surface area contributed by atoms with Crippen LogP contribution < -0.4 is 70.5 Å². The Morgan fingerprint density at radius 3 is 1.03 bits per heavy atom. The van der Waals surface area contributed by atoms with E-state index in [1.807, 2.05) is 0 Å². The molecule has 9 aromatic rings. The molecule has 0 saturated carbocycles. The van der Waals surface area contributed by atoms with Gasteiger partial charge in [0.15, 0.2) is 0 Å². The molecule has 13 heteroatoms. The Labute approximate surface area is 403 Å². The molecule has 0 bridgehead atoms. The smallest absolute Gasteiger partial charge is 0.141 e. The fourth-order valence-electron chi connectivity index (χ4n) is 12.3. The summed E-state index contributed by atoms with van der Waals surface area (Å²) in [6.45, 7) is 4.78. The summed E-state index contributed by atoms with van der Waals surface area (Å²) in [6, 6.07) is 47.3. The molecule has 0 radical (unpaired) electrons. The third kappa shape index (κ3) is 6.32. The van der Waals surface area contributed by atoms with Gasteiger partial charge in [-0.25, -0.2) is 0 Å². The fourth-order valence-corrected chi connectivity index (χ4v) is 12.3. The molecule has 1 aliphatic carbocycles. The summed E-state index contributed by atoms with van der Waals surface area (Å²) in [6.07, 6.45) is 0. The summed E-state index contributed by atoms with van der Waals surface area (Å²) in [5.74, 6) is 0. The molecule has 66 heavy (non-hydrogen) atoms. The zero-order valence-corrected chi connectivity index (χ0v) is 41.6.